The lowest BCUT2D eigenvalue weighted by atomic mass is 9.81. The van der Waals surface area contributed by atoms with Gasteiger partial charge < -0.3 is 9.64 Å². The van der Waals surface area contributed by atoms with Crippen LogP contribution in [-0.4, -0.2) is 35.3 Å². The Morgan fingerprint density at radius 2 is 1.72 bits per heavy atom. The SMILES string of the molecule is Cc1ccc(C(=O)N2CCC3(CC2)CC(=O)c2c(cc(C)c(Cl)c2C)O3)cc1C. The zero-order valence-electron chi connectivity index (χ0n) is 17.4. The zero-order chi connectivity index (χ0) is 20.9. The normalized spacial score (nSPS) is 17.8. The van der Waals surface area contributed by atoms with E-state index in [9.17, 15) is 9.59 Å². The van der Waals surface area contributed by atoms with E-state index < -0.39 is 5.60 Å². The van der Waals surface area contributed by atoms with Gasteiger partial charge in [0.1, 0.15) is 11.4 Å². The van der Waals surface area contributed by atoms with Crippen LogP contribution < -0.4 is 4.74 Å². The fraction of sp³-hybridized carbons (Fsp3) is 0.417. The van der Waals surface area contributed by atoms with Gasteiger partial charge >= 0.3 is 0 Å². The fourth-order valence-electron chi connectivity index (χ4n) is 4.45. The van der Waals surface area contributed by atoms with E-state index in [-0.39, 0.29) is 11.7 Å². The maximum absolute atomic E-state index is 12.9. The maximum Gasteiger partial charge on any atom is 0.253 e. The Labute approximate surface area is 176 Å². The molecule has 0 atom stereocenters. The summed E-state index contributed by atoms with van der Waals surface area (Å²) in [6, 6.07) is 7.70. The van der Waals surface area contributed by atoms with Crippen molar-refractivity contribution in [3.8, 4) is 5.75 Å². The van der Waals surface area contributed by atoms with Gasteiger partial charge in [0.2, 0.25) is 0 Å². The number of carbonyl (C=O) groups excluding carboxylic acids is 2. The molecule has 2 aromatic rings. The second-order valence-corrected chi connectivity index (χ2v) is 8.86. The number of benzene rings is 2. The van der Waals surface area contributed by atoms with E-state index in [4.69, 9.17) is 16.3 Å². The molecule has 0 radical (unpaired) electrons. The minimum absolute atomic E-state index is 0.0453. The van der Waals surface area contributed by atoms with Crippen molar-refractivity contribution in [2.45, 2.75) is 52.6 Å². The highest BCUT2D eigenvalue weighted by atomic mass is 35.5. The monoisotopic (exact) mass is 411 g/mol. The fourth-order valence-corrected chi connectivity index (χ4v) is 4.60. The van der Waals surface area contributed by atoms with Gasteiger partial charge in [0.05, 0.1) is 12.0 Å². The molecule has 5 heteroatoms. The number of fused-ring (bicyclic) bond motifs is 1. The number of hydrogen-bond donors (Lipinski definition) is 0. The molecule has 4 rings (SSSR count). The van der Waals surface area contributed by atoms with E-state index in [0.717, 1.165) is 22.3 Å². The van der Waals surface area contributed by atoms with Crippen LogP contribution in [0.4, 0.5) is 0 Å². The maximum atomic E-state index is 12.9. The first kappa shape index (κ1) is 20.0. The van der Waals surface area contributed by atoms with Gasteiger partial charge in [0.15, 0.2) is 5.78 Å². The van der Waals surface area contributed by atoms with Gasteiger partial charge in [0, 0.05) is 36.5 Å². The van der Waals surface area contributed by atoms with Crippen molar-refractivity contribution in [3.05, 3.63) is 62.7 Å². The molecule has 0 saturated carbocycles. The molecule has 2 aliphatic rings. The first-order chi connectivity index (χ1) is 13.7. The van der Waals surface area contributed by atoms with E-state index in [0.29, 0.717) is 48.7 Å². The number of aryl methyl sites for hydroxylation is 3. The third-order valence-corrected chi connectivity index (χ3v) is 7.03. The number of Topliss-reactive ketones (excluding diaryl/α,β-unsaturated/α-hetero) is 1. The Balaban J connectivity index is 1.53. The summed E-state index contributed by atoms with van der Waals surface area (Å²) in [6.45, 7) is 9.03. The van der Waals surface area contributed by atoms with Gasteiger partial charge in [-0.15, -0.1) is 0 Å². The minimum atomic E-state index is -0.531. The van der Waals surface area contributed by atoms with Crippen LogP contribution in [-0.2, 0) is 0 Å². The molecule has 0 N–H and O–H groups in total. The van der Waals surface area contributed by atoms with Gasteiger partial charge in [-0.2, -0.15) is 0 Å². The number of hydrogen-bond acceptors (Lipinski definition) is 3. The molecule has 0 unspecified atom stereocenters. The average Bonchev–Trinajstić information content (AvgIpc) is 2.68. The lowest BCUT2D eigenvalue weighted by molar-refractivity contribution is -0.00581. The topological polar surface area (TPSA) is 46.6 Å². The standard InChI is InChI=1S/C24H26ClNO3/c1-14-5-6-18(11-15(14)2)23(28)26-9-7-24(8-10-26)13-19(27)21-17(4)22(25)16(3)12-20(21)29-24/h5-6,11-12H,7-10,13H2,1-4H3. The van der Waals surface area contributed by atoms with E-state index in [1.807, 2.05) is 56.9 Å². The Morgan fingerprint density at radius 1 is 1.03 bits per heavy atom. The van der Waals surface area contributed by atoms with E-state index in [1.54, 1.807) is 0 Å². The average molecular weight is 412 g/mol. The van der Waals surface area contributed by atoms with Gasteiger partial charge in [-0.25, -0.2) is 0 Å². The van der Waals surface area contributed by atoms with Crippen LogP contribution in [0.3, 0.4) is 0 Å². The van der Waals surface area contributed by atoms with Gasteiger partial charge in [-0.05, 0) is 68.1 Å². The lowest BCUT2D eigenvalue weighted by Crippen LogP contribution is -2.52. The molecule has 2 aliphatic heterocycles. The molecule has 1 fully saturated rings. The smallest absolute Gasteiger partial charge is 0.253 e. The van der Waals surface area contributed by atoms with Crippen molar-refractivity contribution in [3.63, 3.8) is 0 Å². The number of amides is 1. The number of nitrogens with zero attached hydrogens (tertiary/aromatic N) is 1. The largest absolute Gasteiger partial charge is 0.486 e. The minimum Gasteiger partial charge on any atom is -0.486 e. The molecule has 2 heterocycles. The van der Waals surface area contributed by atoms with E-state index in [1.165, 1.54) is 5.56 Å². The summed E-state index contributed by atoms with van der Waals surface area (Å²) in [6.07, 6.45) is 1.64. The van der Waals surface area contributed by atoms with Crippen LogP contribution >= 0.6 is 11.6 Å². The first-order valence-corrected chi connectivity index (χ1v) is 10.5. The Morgan fingerprint density at radius 3 is 2.38 bits per heavy atom. The second-order valence-electron chi connectivity index (χ2n) is 8.48. The highest BCUT2D eigenvalue weighted by Gasteiger charge is 2.44. The van der Waals surface area contributed by atoms with Crippen LogP contribution in [0.1, 0.15) is 62.2 Å². The van der Waals surface area contributed by atoms with Crippen molar-refractivity contribution < 1.29 is 14.3 Å². The van der Waals surface area contributed by atoms with Crippen molar-refractivity contribution in [2.24, 2.45) is 0 Å². The third-order valence-electron chi connectivity index (χ3n) is 6.45. The second kappa shape index (κ2) is 7.17. The van der Waals surface area contributed by atoms with Gasteiger partial charge in [-0.3, -0.25) is 9.59 Å². The van der Waals surface area contributed by atoms with Crippen molar-refractivity contribution in [2.75, 3.05) is 13.1 Å². The molecule has 1 spiro atoms. The van der Waals surface area contributed by atoms with Crippen molar-refractivity contribution in [1.82, 2.24) is 4.90 Å². The van der Waals surface area contributed by atoms with Crippen LogP contribution in [0.5, 0.6) is 5.75 Å². The molecule has 4 nitrogen and oxygen atoms in total. The molecule has 0 bridgehead atoms. The summed E-state index contributed by atoms with van der Waals surface area (Å²) in [5, 5.41) is 0.630. The predicted octanol–water partition coefficient (Wildman–Crippen LogP) is 5.21. The molecule has 152 valence electrons. The summed E-state index contributed by atoms with van der Waals surface area (Å²) in [5.41, 5.74) is 4.80. The van der Waals surface area contributed by atoms with Crippen molar-refractivity contribution in [1.29, 1.82) is 0 Å². The molecule has 0 aliphatic carbocycles. The van der Waals surface area contributed by atoms with Crippen LogP contribution in [0.2, 0.25) is 5.02 Å². The Hall–Kier alpha value is -2.33. The summed E-state index contributed by atoms with van der Waals surface area (Å²) in [5.74, 6) is 0.762. The quantitative estimate of drug-likeness (QED) is 0.646. The van der Waals surface area contributed by atoms with Crippen molar-refractivity contribution >= 4 is 23.3 Å². The number of likely N-dealkylation sites (tertiary alicyclic amines) is 1. The van der Waals surface area contributed by atoms with Crippen LogP contribution in [0, 0.1) is 27.7 Å². The summed E-state index contributed by atoms with van der Waals surface area (Å²) in [4.78, 5) is 27.7. The van der Waals surface area contributed by atoms with Gasteiger partial charge in [0.25, 0.3) is 5.91 Å². The molecule has 1 saturated heterocycles. The Kier molecular flexibility index (Phi) is 4.94. The summed E-state index contributed by atoms with van der Waals surface area (Å²) in [7, 11) is 0. The highest BCUT2D eigenvalue weighted by molar-refractivity contribution is 6.32. The number of ether oxygens (including phenoxy) is 1. The highest BCUT2D eigenvalue weighted by Crippen LogP contribution is 2.43. The Bertz CT molecular complexity index is 1020. The third kappa shape index (κ3) is 3.44. The summed E-state index contributed by atoms with van der Waals surface area (Å²) < 4.78 is 6.40. The molecule has 29 heavy (non-hydrogen) atoms. The van der Waals surface area contributed by atoms with Crippen LogP contribution in [0.25, 0.3) is 0 Å². The van der Waals surface area contributed by atoms with E-state index >= 15 is 0 Å². The zero-order valence-corrected chi connectivity index (χ0v) is 18.2. The van der Waals surface area contributed by atoms with Crippen LogP contribution in [0.15, 0.2) is 24.3 Å². The molecule has 2 aromatic carbocycles. The number of rotatable bonds is 1. The summed E-state index contributed by atoms with van der Waals surface area (Å²) >= 11 is 6.34. The first-order valence-electron chi connectivity index (χ1n) is 10.1. The predicted molar refractivity (Wildman–Crippen MR) is 114 cm³/mol. The number of piperidine rings is 1. The number of halogens is 1. The molecule has 1 amide bonds. The molecule has 0 aromatic heterocycles. The number of carbonyl (C=O) groups is 2. The molecular formula is C24H26ClNO3. The van der Waals surface area contributed by atoms with Gasteiger partial charge in [-0.1, -0.05) is 17.7 Å². The lowest BCUT2D eigenvalue weighted by Gasteiger charge is -2.44. The molecular weight excluding hydrogens is 386 g/mol. The number of ketones is 1. The van der Waals surface area contributed by atoms with E-state index in [2.05, 4.69) is 0 Å².